The van der Waals surface area contributed by atoms with Gasteiger partial charge in [0.2, 0.25) is 5.91 Å². The summed E-state index contributed by atoms with van der Waals surface area (Å²) in [7, 11) is 0. The molecule has 2 aliphatic rings. The molecule has 19 heavy (non-hydrogen) atoms. The second-order valence-electron chi connectivity index (χ2n) is 5.68. The summed E-state index contributed by atoms with van der Waals surface area (Å²) < 4.78 is 1.03. The maximum atomic E-state index is 12.6. The molecule has 3 nitrogen and oxygen atoms in total. The van der Waals surface area contributed by atoms with E-state index < -0.39 is 0 Å². The van der Waals surface area contributed by atoms with Crippen molar-refractivity contribution in [1.82, 2.24) is 10.2 Å². The Kier molecular flexibility index (Phi) is 3.63. The molecule has 3 rings (SSSR count). The fraction of sp³-hybridized carbons (Fsp3) is 0.533. The standard InChI is InChI=1S/C15H19BrN2O/c1-10-5-12-8-17-9-14(12)18(10)15(19)7-11-3-2-4-13(16)6-11/h2-4,6,10,12,14,17H,5,7-9H2,1H3. The predicted molar refractivity (Wildman–Crippen MR) is 78.9 cm³/mol. The van der Waals surface area contributed by atoms with Crippen molar-refractivity contribution in [2.24, 2.45) is 5.92 Å². The first kappa shape index (κ1) is 13.1. The first-order valence-corrected chi connectivity index (χ1v) is 7.71. The summed E-state index contributed by atoms with van der Waals surface area (Å²) in [6.07, 6.45) is 1.65. The number of carbonyl (C=O) groups excluding carboxylic acids is 1. The normalized spacial score (nSPS) is 29.6. The highest BCUT2D eigenvalue weighted by Crippen LogP contribution is 2.32. The van der Waals surface area contributed by atoms with Gasteiger partial charge in [0.1, 0.15) is 0 Å². The summed E-state index contributed by atoms with van der Waals surface area (Å²) in [5, 5.41) is 3.40. The molecule has 1 N–H and O–H groups in total. The van der Waals surface area contributed by atoms with E-state index in [1.807, 2.05) is 24.3 Å². The van der Waals surface area contributed by atoms with Gasteiger partial charge < -0.3 is 10.2 Å². The number of nitrogens with one attached hydrogen (secondary N) is 1. The average Bonchev–Trinajstić information content (AvgIpc) is 2.88. The summed E-state index contributed by atoms with van der Waals surface area (Å²) in [5.74, 6) is 0.920. The zero-order valence-corrected chi connectivity index (χ0v) is 12.7. The third-order valence-electron chi connectivity index (χ3n) is 4.31. The maximum absolute atomic E-state index is 12.6. The van der Waals surface area contributed by atoms with Gasteiger partial charge in [-0.25, -0.2) is 0 Å². The second-order valence-corrected chi connectivity index (χ2v) is 6.59. The van der Waals surface area contributed by atoms with Crippen molar-refractivity contribution < 1.29 is 4.79 Å². The summed E-state index contributed by atoms with van der Waals surface area (Å²) in [4.78, 5) is 14.7. The minimum atomic E-state index is 0.266. The minimum Gasteiger partial charge on any atom is -0.335 e. The van der Waals surface area contributed by atoms with Crippen LogP contribution in [0.4, 0.5) is 0 Å². The molecule has 1 aromatic rings. The Labute approximate surface area is 122 Å². The van der Waals surface area contributed by atoms with Gasteiger partial charge in [0.15, 0.2) is 0 Å². The van der Waals surface area contributed by atoms with E-state index in [4.69, 9.17) is 0 Å². The minimum absolute atomic E-state index is 0.266. The molecule has 3 unspecified atom stereocenters. The fourth-order valence-corrected chi connectivity index (χ4v) is 3.95. The lowest BCUT2D eigenvalue weighted by Gasteiger charge is -2.27. The Bertz CT molecular complexity index is 491. The van der Waals surface area contributed by atoms with Crippen LogP contribution in [0.5, 0.6) is 0 Å². The topological polar surface area (TPSA) is 32.3 Å². The summed E-state index contributed by atoms with van der Waals surface area (Å²) in [6, 6.07) is 8.83. The van der Waals surface area contributed by atoms with E-state index in [1.54, 1.807) is 0 Å². The van der Waals surface area contributed by atoms with Crippen LogP contribution in [-0.2, 0) is 11.2 Å². The van der Waals surface area contributed by atoms with Crippen molar-refractivity contribution in [3.63, 3.8) is 0 Å². The van der Waals surface area contributed by atoms with Gasteiger partial charge in [0.25, 0.3) is 0 Å². The molecule has 0 radical (unpaired) electrons. The van der Waals surface area contributed by atoms with Gasteiger partial charge in [-0.2, -0.15) is 0 Å². The van der Waals surface area contributed by atoms with E-state index in [0.29, 0.717) is 24.4 Å². The van der Waals surface area contributed by atoms with Crippen molar-refractivity contribution in [3.05, 3.63) is 34.3 Å². The van der Waals surface area contributed by atoms with Crippen LogP contribution in [0.2, 0.25) is 0 Å². The molecule has 1 amide bonds. The van der Waals surface area contributed by atoms with Crippen molar-refractivity contribution in [2.75, 3.05) is 13.1 Å². The predicted octanol–water partition coefficient (Wildman–Crippen LogP) is 2.20. The molecule has 2 saturated heterocycles. The molecule has 4 heteroatoms. The molecule has 2 heterocycles. The van der Waals surface area contributed by atoms with Crippen LogP contribution >= 0.6 is 15.9 Å². The highest BCUT2D eigenvalue weighted by atomic mass is 79.9. The Hall–Kier alpha value is -0.870. The third-order valence-corrected chi connectivity index (χ3v) is 4.81. The molecule has 3 atom stereocenters. The van der Waals surface area contributed by atoms with E-state index in [0.717, 1.165) is 29.5 Å². The molecule has 0 bridgehead atoms. The SMILES string of the molecule is CC1CC2CNCC2N1C(=O)Cc1cccc(Br)c1. The molecule has 0 saturated carbocycles. The lowest BCUT2D eigenvalue weighted by atomic mass is 10.0. The second kappa shape index (κ2) is 5.25. The smallest absolute Gasteiger partial charge is 0.227 e. The molecule has 1 aromatic carbocycles. The zero-order chi connectivity index (χ0) is 13.4. The Balaban J connectivity index is 1.73. The number of halogens is 1. The molecule has 0 spiro atoms. The fourth-order valence-electron chi connectivity index (χ4n) is 3.51. The highest BCUT2D eigenvalue weighted by Gasteiger charge is 2.43. The monoisotopic (exact) mass is 322 g/mol. The molecule has 102 valence electrons. The van der Waals surface area contributed by atoms with Crippen molar-refractivity contribution in [2.45, 2.75) is 31.8 Å². The number of hydrogen-bond acceptors (Lipinski definition) is 2. The number of rotatable bonds is 2. The van der Waals surface area contributed by atoms with Crippen molar-refractivity contribution in [1.29, 1.82) is 0 Å². The van der Waals surface area contributed by atoms with Crippen LogP contribution in [0.25, 0.3) is 0 Å². The van der Waals surface area contributed by atoms with Gasteiger partial charge >= 0.3 is 0 Å². The van der Waals surface area contributed by atoms with E-state index in [1.165, 1.54) is 0 Å². The first-order valence-electron chi connectivity index (χ1n) is 6.91. The summed E-state index contributed by atoms with van der Waals surface area (Å²) in [5.41, 5.74) is 1.08. The van der Waals surface area contributed by atoms with Crippen molar-refractivity contribution >= 4 is 21.8 Å². The summed E-state index contributed by atoms with van der Waals surface area (Å²) >= 11 is 3.46. The average molecular weight is 323 g/mol. The largest absolute Gasteiger partial charge is 0.335 e. The van der Waals surface area contributed by atoms with Crippen LogP contribution in [0, 0.1) is 5.92 Å². The molecule has 2 aliphatic heterocycles. The van der Waals surface area contributed by atoms with Crippen LogP contribution in [-0.4, -0.2) is 36.0 Å². The lowest BCUT2D eigenvalue weighted by molar-refractivity contribution is -0.133. The Morgan fingerprint density at radius 3 is 3.11 bits per heavy atom. The molecule has 0 aliphatic carbocycles. The number of nitrogens with zero attached hydrogens (tertiary/aromatic N) is 1. The molecule has 0 aromatic heterocycles. The zero-order valence-electron chi connectivity index (χ0n) is 11.1. The van der Waals surface area contributed by atoms with Crippen LogP contribution in [0.15, 0.2) is 28.7 Å². The number of likely N-dealkylation sites (tertiary alicyclic amines) is 1. The van der Waals surface area contributed by atoms with Crippen LogP contribution < -0.4 is 5.32 Å². The van der Waals surface area contributed by atoms with E-state index in [-0.39, 0.29) is 5.91 Å². The van der Waals surface area contributed by atoms with Crippen LogP contribution in [0.3, 0.4) is 0 Å². The highest BCUT2D eigenvalue weighted by molar-refractivity contribution is 9.10. The van der Waals surface area contributed by atoms with Gasteiger partial charge in [-0.05, 0) is 37.0 Å². The first-order chi connectivity index (χ1) is 9.15. The Morgan fingerprint density at radius 1 is 1.47 bits per heavy atom. The Morgan fingerprint density at radius 2 is 2.32 bits per heavy atom. The van der Waals surface area contributed by atoms with Crippen molar-refractivity contribution in [3.8, 4) is 0 Å². The molecular weight excluding hydrogens is 304 g/mol. The summed E-state index contributed by atoms with van der Waals surface area (Å²) in [6.45, 7) is 4.20. The third kappa shape index (κ3) is 2.56. The van der Waals surface area contributed by atoms with Gasteiger partial charge in [-0.15, -0.1) is 0 Å². The number of benzene rings is 1. The quantitative estimate of drug-likeness (QED) is 0.905. The van der Waals surface area contributed by atoms with Crippen LogP contribution in [0.1, 0.15) is 18.9 Å². The lowest BCUT2D eigenvalue weighted by Crippen LogP contribution is -2.43. The number of fused-ring (bicyclic) bond motifs is 1. The van der Waals surface area contributed by atoms with Gasteiger partial charge in [0, 0.05) is 29.6 Å². The van der Waals surface area contributed by atoms with E-state index in [9.17, 15) is 4.79 Å². The number of carbonyl (C=O) groups is 1. The van der Waals surface area contributed by atoms with E-state index in [2.05, 4.69) is 33.1 Å². The van der Waals surface area contributed by atoms with Gasteiger partial charge in [0.05, 0.1) is 6.42 Å². The molecular formula is C15H19BrN2O. The maximum Gasteiger partial charge on any atom is 0.227 e. The number of amides is 1. The van der Waals surface area contributed by atoms with E-state index >= 15 is 0 Å². The van der Waals surface area contributed by atoms with Gasteiger partial charge in [-0.1, -0.05) is 28.1 Å². The molecule has 2 fully saturated rings. The van der Waals surface area contributed by atoms with Gasteiger partial charge in [-0.3, -0.25) is 4.79 Å². The number of hydrogen-bond donors (Lipinski definition) is 1.